The number of aryl methyl sites for hydroxylation is 1. The van der Waals surface area contributed by atoms with E-state index in [1.807, 2.05) is 61.5 Å². The highest BCUT2D eigenvalue weighted by atomic mass is 32.2. The quantitative estimate of drug-likeness (QED) is 0.621. The normalized spacial score (nSPS) is 10.6. The lowest BCUT2D eigenvalue weighted by Gasteiger charge is -2.02. The Labute approximate surface area is 154 Å². The molecule has 7 heteroatoms. The maximum Gasteiger partial charge on any atom is 0.322 e. The van der Waals surface area contributed by atoms with Gasteiger partial charge in [0.1, 0.15) is 0 Å². The third-order valence-corrected chi connectivity index (χ3v) is 5.22. The molecule has 0 saturated heterocycles. The molecule has 0 aliphatic carbocycles. The maximum atomic E-state index is 12.0. The number of amides is 1. The maximum absolute atomic E-state index is 12.0. The van der Waals surface area contributed by atoms with Crippen molar-refractivity contribution >= 4 is 35.4 Å². The molecule has 3 rings (SSSR count). The Hall–Kier alpha value is -2.25. The Morgan fingerprint density at radius 2 is 1.72 bits per heavy atom. The van der Waals surface area contributed by atoms with Crippen LogP contribution in [0.2, 0.25) is 0 Å². The lowest BCUT2D eigenvalue weighted by atomic mass is 10.2. The van der Waals surface area contributed by atoms with E-state index in [0.29, 0.717) is 17.4 Å². The molecule has 2 aromatic carbocycles. The Kier molecular flexibility index (Phi) is 6.14. The van der Waals surface area contributed by atoms with Crippen LogP contribution in [-0.4, -0.2) is 21.9 Å². The number of hydrogen-bond acceptors (Lipinski definition) is 6. The van der Waals surface area contributed by atoms with Crippen molar-refractivity contribution in [2.45, 2.75) is 22.5 Å². The van der Waals surface area contributed by atoms with Crippen molar-refractivity contribution in [1.82, 2.24) is 10.2 Å². The fourth-order valence-electron chi connectivity index (χ4n) is 1.96. The van der Waals surface area contributed by atoms with Gasteiger partial charge in [-0.1, -0.05) is 41.0 Å². The van der Waals surface area contributed by atoms with Gasteiger partial charge in [0.2, 0.25) is 11.8 Å². The van der Waals surface area contributed by atoms with E-state index in [4.69, 9.17) is 4.42 Å². The van der Waals surface area contributed by atoms with Crippen molar-refractivity contribution in [3.8, 4) is 0 Å². The fraction of sp³-hybridized carbons (Fsp3) is 0.167. The molecule has 0 fully saturated rings. The highest BCUT2D eigenvalue weighted by Gasteiger charge is 2.10. The minimum Gasteiger partial charge on any atom is -0.407 e. The standard InChI is InChI=1S/C18H17N3O2S2/c1-13-7-9-15(10-8-13)24-11-16(22)19-18-21-20-17(23-18)12-25-14-5-3-2-4-6-14/h2-10H,11-12H2,1H3,(H,19,21,22). The number of nitrogens with zero attached hydrogens (tertiary/aromatic N) is 2. The van der Waals surface area contributed by atoms with E-state index in [1.54, 1.807) is 11.8 Å². The molecule has 0 radical (unpaired) electrons. The smallest absolute Gasteiger partial charge is 0.322 e. The topological polar surface area (TPSA) is 68.0 Å². The number of rotatable bonds is 7. The molecule has 5 nitrogen and oxygen atoms in total. The Morgan fingerprint density at radius 3 is 2.48 bits per heavy atom. The summed E-state index contributed by atoms with van der Waals surface area (Å²) < 4.78 is 5.46. The summed E-state index contributed by atoms with van der Waals surface area (Å²) >= 11 is 3.07. The average molecular weight is 371 g/mol. The van der Waals surface area contributed by atoms with Crippen molar-refractivity contribution in [3.05, 3.63) is 66.1 Å². The van der Waals surface area contributed by atoms with E-state index in [0.717, 1.165) is 9.79 Å². The van der Waals surface area contributed by atoms with E-state index in [9.17, 15) is 4.79 Å². The van der Waals surface area contributed by atoms with Crippen LogP contribution in [0.3, 0.4) is 0 Å². The van der Waals surface area contributed by atoms with Crippen LogP contribution in [0.1, 0.15) is 11.5 Å². The average Bonchev–Trinajstić information content (AvgIpc) is 3.08. The minimum atomic E-state index is -0.170. The van der Waals surface area contributed by atoms with Gasteiger partial charge in [-0.2, -0.15) is 0 Å². The van der Waals surface area contributed by atoms with Crippen LogP contribution in [0, 0.1) is 6.92 Å². The van der Waals surface area contributed by atoms with Crippen LogP contribution in [-0.2, 0) is 10.5 Å². The number of anilines is 1. The molecule has 0 aliphatic heterocycles. The van der Waals surface area contributed by atoms with Crippen LogP contribution in [0.25, 0.3) is 0 Å². The second-order valence-corrected chi connectivity index (χ2v) is 7.35. The summed E-state index contributed by atoms with van der Waals surface area (Å²) in [6.45, 7) is 2.03. The van der Waals surface area contributed by atoms with Crippen molar-refractivity contribution in [1.29, 1.82) is 0 Å². The lowest BCUT2D eigenvalue weighted by molar-refractivity contribution is -0.113. The highest BCUT2D eigenvalue weighted by molar-refractivity contribution is 8.00. The molecular weight excluding hydrogens is 354 g/mol. The lowest BCUT2D eigenvalue weighted by Crippen LogP contribution is -2.14. The predicted octanol–water partition coefficient (Wildman–Crippen LogP) is 4.40. The van der Waals surface area contributed by atoms with Gasteiger partial charge >= 0.3 is 6.01 Å². The fourth-order valence-corrected chi connectivity index (χ4v) is 3.42. The molecular formula is C18H17N3O2S2. The Bertz CT molecular complexity index is 820. The molecule has 3 aromatic rings. The number of nitrogens with one attached hydrogen (secondary N) is 1. The number of benzene rings is 2. The second-order valence-electron chi connectivity index (χ2n) is 5.25. The number of carbonyl (C=O) groups is 1. The first-order valence-corrected chi connectivity index (χ1v) is 9.66. The summed E-state index contributed by atoms with van der Waals surface area (Å²) in [5.41, 5.74) is 1.19. The number of hydrogen-bond donors (Lipinski definition) is 1. The molecule has 0 aliphatic rings. The van der Waals surface area contributed by atoms with Gasteiger partial charge in [0.05, 0.1) is 11.5 Å². The van der Waals surface area contributed by atoms with E-state index in [1.165, 1.54) is 17.3 Å². The molecule has 1 amide bonds. The van der Waals surface area contributed by atoms with E-state index >= 15 is 0 Å². The minimum absolute atomic E-state index is 0.137. The number of thioether (sulfide) groups is 2. The van der Waals surface area contributed by atoms with Crippen LogP contribution < -0.4 is 5.32 Å². The first-order valence-electron chi connectivity index (χ1n) is 7.68. The first-order chi connectivity index (χ1) is 12.2. The first kappa shape index (κ1) is 17.6. The molecule has 0 saturated carbocycles. The molecule has 0 unspecified atom stereocenters. The van der Waals surface area contributed by atoms with Crippen LogP contribution >= 0.6 is 23.5 Å². The SMILES string of the molecule is Cc1ccc(SCC(=O)Nc2nnc(CSc3ccccc3)o2)cc1. The summed E-state index contributed by atoms with van der Waals surface area (Å²) in [7, 11) is 0. The largest absolute Gasteiger partial charge is 0.407 e. The van der Waals surface area contributed by atoms with Gasteiger partial charge in [-0.3, -0.25) is 10.1 Å². The van der Waals surface area contributed by atoms with Crippen molar-refractivity contribution in [2.24, 2.45) is 0 Å². The van der Waals surface area contributed by atoms with Crippen LogP contribution in [0.15, 0.2) is 68.8 Å². The predicted molar refractivity (Wildman–Crippen MR) is 101 cm³/mol. The zero-order valence-corrected chi connectivity index (χ0v) is 15.3. The highest BCUT2D eigenvalue weighted by Crippen LogP contribution is 2.22. The van der Waals surface area contributed by atoms with Crippen molar-refractivity contribution in [3.63, 3.8) is 0 Å². The van der Waals surface area contributed by atoms with Crippen molar-refractivity contribution in [2.75, 3.05) is 11.1 Å². The summed E-state index contributed by atoms with van der Waals surface area (Å²) in [5, 5.41) is 10.4. The number of aromatic nitrogens is 2. The molecule has 25 heavy (non-hydrogen) atoms. The second kappa shape index (κ2) is 8.73. The summed E-state index contributed by atoms with van der Waals surface area (Å²) in [6.07, 6.45) is 0. The van der Waals surface area contributed by atoms with Crippen LogP contribution in [0.5, 0.6) is 0 Å². The van der Waals surface area contributed by atoms with Crippen LogP contribution in [0.4, 0.5) is 6.01 Å². The third kappa shape index (κ3) is 5.65. The van der Waals surface area contributed by atoms with Gasteiger partial charge in [0.25, 0.3) is 0 Å². The Morgan fingerprint density at radius 1 is 1.00 bits per heavy atom. The third-order valence-electron chi connectivity index (χ3n) is 3.21. The van der Waals surface area contributed by atoms with E-state index < -0.39 is 0 Å². The molecule has 1 aromatic heterocycles. The Balaban J connectivity index is 1.45. The zero-order chi connectivity index (χ0) is 17.5. The van der Waals surface area contributed by atoms with Crippen molar-refractivity contribution < 1.29 is 9.21 Å². The number of carbonyl (C=O) groups excluding carboxylic acids is 1. The molecule has 1 N–H and O–H groups in total. The van der Waals surface area contributed by atoms with Gasteiger partial charge < -0.3 is 4.42 Å². The summed E-state index contributed by atoms with van der Waals surface area (Å²) in [5.74, 6) is 1.16. The summed E-state index contributed by atoms with van der Waals surface area (Å²) in [4.78, 5) is 14.1. The van der Waals surface area contributed by atoms with Gasteiger partial charge in [-0.05, 0) is 31.2 Å². The molecule has 0 atom stereocenters. The summed E-state index contributed by atoms with van der Waals surface area (Å²) in [6, 6.07) is 18.2. The van der Waals surface area contributed by atoms with Gasteiger partial charge in [0, 0.05) is 9.79 Å². The van der Waals surface area contributed by atoms with Gasteiger partial charge in [-0.25, -0.2) is 0 Å². The van der Waals surface area contributed by atoms with Gasteiger partial charge in [0.15, 0.2) is 0 Å². The van der Waals surface area contributed by atoms with E-state index in [2.05, 4.69) is 15.5 Å². The zero-order valence-electron chi connectivity index (χ0n) is 13.6. The molecule has 0 spiro atoms. The monoisotopic (exact) mass is 371 g/mol. The molecule has 128 valence electrons. The van der Waals surface area contributed by atoms with E-state index in [-0.39, 0.29) is 11.9 Å². The molecule has 0 bridgehead atoms. The molecule has 1 heterocycles. The van der Waals surface area contributed by atoms with Gasteiger partial charge in [-0.15, -0.1) is 28.6 Å².